The maximum absolute atomic E-state index is 11.8. The molecule has 0 radical (unpaired) electrons. The van der Waals surface area contributed by atoms with E-state index < -0.39 is 12.0 Å². The van der Waals surface area contributed by atoms with E-state index in [0.717, 1.165) is 0 Å². The van der Waals surface area contributed by atoms with Gasteiger partial charge in [-0.15, -0.1) is 12.4 Å². The van der Waals surface area contributed by atoms with E-state index in [0.29, 0.717) is 38.2 Å². The Hall–Kier alpha value is -2.12. The second kappa shape index (κ2) is 9.89. The quantitative estimate of drug-likeness (QED) is 0.749. The lowest BCUT2D eigenvalue weighted by atomic mass is 9.97. The topological polar surface area (TPSA) is 98.7 Å². The fourth-order valence-electron chi connectivity index (χ4n) is 2.54. The monoisotopic (exact) mass is 355 g/mol. The standard InChI is InChI=1S/C16H21N3O4.ClH/c20-14(18-16(23)17-13-4-2-1-3-5-13)8-11-19-9-6-12(7-10-19)15(21)22;/h1-5,12H,6-11H2,(H,21,22)(H2,17,18,20,23);1H. The van der Waals surface area contributed by atoms with E-state index in [2.05, 4.69) is 10.6 Å². The molecule has 1 heterocycles. The zero-order valence-electron chi connectivity index (χ0n) is 13.2. The molecule has 0 aliphatic carbocycles. The zero-order valence-corrected chi connectivity index (χ0v) is 14.1. The molecule has 1 aliphatic heterocycles. The third-order valence-corrected chi connectivity index (χ3v) is 3.88. The van der Waals surface area contributed by atoms with Crippen LogP contribution < -0.4 is 10.6 Å². The number of halogens is 1. The molecule has 3 N–H and O–H groups in total. The molecule has 0 atom stereocenters. The summed E-state index contributed by atoms with van der Waals surface area (Å²) in [5.41, 5.74) is 0.619. The number of imide groups is 1. The molecule has 0 unspecified atom stereocenters. The van der Waals surface area contributed by atoms with Crippen molar-refractivity contribution in [3.8, 4) is 0 Å². The number of likely N-dealkylation sites (tertiary alicyclic amines) is 1. The molecule has 0 aromatic heterocycles. The van der Waals surface area contributed by atoms with Crippen molar-refractivity contribution < 1.29 is 19.5 Å². The van der Waals surface area contributed by atoms with Crippen LogP contribution in [0.15, 0.2) is 30.3 Å². The van der Waals surface area contributed by atoms with Crippen LogP contribution in [0.25, 0.3) is 0 Å². The van der Waals surface area contributed by atoms with Crippen LogP contribution in [0, 0.1) is 5.92 Å². The molecule has 0 spiro atoms. The fraction of sp³-hybridized carbons (Fsp3) is 0.438. The van der Waals surface area contributed by atoms with Gasteiger partial charge < -0.3 is 15.3 Å². The number of anilines is 1. The minimum absolute atomic E-state index is 0. The molecule has 0 bridgehead atoms. The van der Waals surface area contributed by atoms with Gasteiger partial charge in [0.2, 0.25) is 5.91 Å². The average molecular weight is 356 g/mol. The van der Waals surface area contributed by atoms with Crippen LogP contribution in [0.2, 0.25) is 0 Å². The summed E-state index contributed by atoms with van der Waals surface area (Å²) in [5, 5.41) is 13.8. The number of amides is 3. The molecular weight excluding hydrogens is 334 g/mol. The van der Waals surface area contributed by atoms with Gasteiger partial charge in [-0.05, 0) is 38.1 Å². The average Bonchev–Trinajstić information content (AvgIpc) is 2.54. The van der Waals surface area contributed by atoms with E-state index in [9.17, 15) is 14.4 Å². The van der Waals surface area contributed by atoms with E-state index in [1.807, 2.05) is 11.0 Å². The molecule has 3 amide bonds. The maximum Gasteiger partial charge on any atom is 0.325 e. The summed E-state index contributed by atoms with van der Waals surface area (Å²) in [6, 6.07) is 8.33. The van der Waals surface area contributed by atoms with Crippen LogP contribution in [0.5, 0.6) is 0 Å². The highest BCUT2D eigenvalue weighted by Crippen LogP contribution is 2.17. The molecule has 1 aliphatic rings. The van der Waals surface area contributed by atoms with Gasteiger partial charge in [-0.1, -0.05) is 18.2 Å². The van der Waals surface area contributed by atoms with Gasteiger partial charge in [-0.3, -0.25) is 14.9 Å². The Morgan fingerprint density at radius 2 is 1.75 bits per heavy atom. The van der Waals surface area contributed by atoms with Crippen LogP contribution in [-0.4, -0.2) is 47.5 Å². The predicted molar refractivity (Wildman–Crippen MR) is 92.3 cm³/mol. The van der Waals surface area contributed by atoms with Crippen molar-refractivity contribution in [3.63, 3.8) is 0 Å². The third kappa shape index (κ3) is 6.55. The molecule has 0 saturated carbocycles. The van der Waals surface area contributed by atoms with Gasteiger partial charge in [0.1, 0.15) is 0 Å². The summed E-state index contributed by atoms with van der Waals surface area (Å²) in [4.78, 5) is 36.4. The van der Waals surface area contributed by atoms with Crippen LogP contribution >= 0.6 is 12.4 Å². The lowest BCUT2D eigenvalue weighted by molar-refractivity contribution is -0.143. The molecule has 8 heteroatoms. The number of hydrogen-bond acceptors (Lipinski definition) is 4. The Labute approximate surface area is 146 Å². The number of hydrogen-bond donors (Lipinski definition) is 3. The molecule has 1 aromatic rings. The molecule has 2 rings (SSSR count). The van der Waals surface area contributed by atoms with Crippen molar-refractivity contribution in [1.82, 2.24) is 10.2 Å². The number of carbonyl (C=O) groups is 3. The van der Waals surface area contributed by atoms with Crippen molar-refractivity contribution in [3.05, 3.63) is 30.3 Å². The number of nitrogens with zero attached hydrogens (tertiary/aromatic N) is 1. The molecule has 1 saturated heterocycles. The molecule has 7 nitrogen and oxygen atoms in total. The van der Waals surface area contributed by atoms with Crippen LogP contribution in [0.4, 0.5) is 10.5 Å². The zero-order chi connectivity index (χ0) is 16.7. The number of carbonyl (C=O) groups excluding carboxylic acids is 2. The third-order valence-electron chi connectivity index (χ3n) is 3.88. The van der Waals surface area contributed by atoms with Gasteiger partial charge in [0.25, 0.3) is 0 Å². The summed E-state index contributed by atoms with van der Waals surface area (Å²) in [5.74, 6) is -1.38. The van der Waals surface area contributed by atoms with Crippen molar-refractivity contribution in [2.24, 2.45) is 5.92 Å². The summed E-state index contributed by atoms with van der Waals surface area (Å²) in [6.07, 6.45) is 1.41. The number of para-hydroxylation sites is 1. The number of carboxylic acid groups (broad SMARTS) is 1. The number of urea groups is 1. The van der Waals surface area contributed by atoms with E-state index in [1.165, 1.54) is 0 Å². The summed E-state index contributed by atoms with van der Waals surface area (Å²) >= 11 is 0. The van der Waals surface area contributed by atoms with Crippen LogP contribution in [0.3, 0.4) is 0 Å². The van der Waals surface area contributed by atoms with E-state index in [1.54, 1.807) is 24.3 Å². The summed E-state index contributed by atoms with van der Waals surface area (Å²) < 4.78 is 0. The normalized spacial score (nSPS) is 15.2. The smallest absolute Gasteiger partial charge is 0.325 e. The molecule has 24 heavy (non-hydrogen) atoms. The Morgan fingerprint density at radius 1 is 1.12 bits per heavy atom. The molecule has 1 aromatic carbocycles. The van der Waals surface area contributed by atoms with E-state index in [-0.39, 0.29) is 30.7 Å². The van der Waals surface area contributed by atoms with Gasteiger partial charge in [-0.2, -0.15) is 0 Å². The summed E-state index contributed by atoms with van der Waals surface area (Å²) in [7, 11) is 0. The first-order valence-electron chi connectivity index (χ1n) is 7.65. The number of nitrogens with one attached hydrogen (secondary N) is 2. The summed E-state index contributed by atoms with van der Waals surface area (Å²) in [6.45, 7) is 1.86. The minimum atomic E-state index is -0.750. The Balaban J connectivity index is 0.00000288. The number of aliphatic carboxylic acids is 1. The van der Waals surface area contributed by atoms with E-state index >= 15 is 0 Å². The second-order valence-electron chi connectivity index (χ2n) is 5.57. The Bertz CT molecular complexity index is 560. The van der Waals surface area contributed by atoms with Gasteiger partial charge in [-0.25, -0.2) is 4.79 Å². The maximum atomic E-state index is 11.8. The first-order chi connectivity index (χ1) is 11.0. The van der Waals surface area contributed by atoms with Crippen LogP contribution in [-0.2, 0) is 9.59 Å². The van der Waals surface area contributed by atoms with E-state index in [4.69, 9.17) is 5.11 Å². The second-order valence-corrected chi connectivity index (χ2v) is 5.57. The lowest BCUT2D eigenvalue weighted by Gasteiger charge is -2.29. The Morgan fingerprint density at radius 3 is 2.33 bits per heavy atom. The molecular formula is C16H22ClN3O4. The minimum Gasteiger partial charge on any atom is -0.481 e. The highest BCUT2D eigenvalue weighted by molar-refractivity contribution is 6.01. The van der Waals surface area contributed by atoms with Crippen molar-refractivity contribution in [2.75, 3.05) is 25.0 Å². The molecule has 132 valence electrons. The van der Waals surface area contributed by atoms with Gasteiger partial charge in [0.15, 0.2) is 0 Å². The van der Waals surface area contributed by atoms with Crippen LogP contribution in [0.1, 0.15) is 19.3 Å². The van der Waals surface area contributed by atoms with Gasteiger partial charge in [0, 0.05) is 18.7 Å². The van der Waals surface area contributed by atoms with Crippen molar-refractivity contribution in [1.29, 1.82) is 0 Å². The first-order valence-corrected chi connectivity index (χ1v) is 7.65. The highest BCUT2D eigenvalue weighted by atomic mass is 35.5. The largest absolute Gasteiger partial charge is 0.481 e. The first kappa shape index (κ1) is 19.9. The number of rotatable bonds is 5. The highest BCUT2D eigenvalue weighted by Gasteiger charge is 2.24. The lowest BCUT2D eigenvalue weighted by Crippen LogP contribution is -2.40. The SMILES string of the molecule is Cl.O=C(CCN1CCC(C(=O)O)CC1)NC(=O)Nc1ccccc1. The number of piperidine rings is 1. The van der Waals surface area contributed by atoms with Gasteiger partial charge >= 0.3 is 12.0 Å². The number of carboxylic acids is 1. The van der Waals surface area contributed by atoms with Crippen molar-refractivity contribution >= 4 is 36.0 Å². The Kier molecular flexibility index (Phi) is 8.21. The van der Waals surface area contributed by atoms with Crippen molar-refractivity contribution in [2.45, 2.75) is 19.3 Å². The predicted octanol–water partition coefficient (Wildman–Crippen LogP) is 1.94. The molecule has 1 fully saturated rings. The number of benzene rings is 1. The van der Waals surface area contributed by atoms with Gasteiger partial charge in [0.05, 0.1) is 5.92 Å². The fourth-order valence-corrected chi connectivity index (χ4v) is 2.54.